The Morgan fingerprint density at radius 1 is 1.15 bits per heavy atom. The predicted octanol–water partition coefficient (Wildman–Crippen LogP) is 4.24. The van der Waals surface area contributed by atoms with Gasteiger partial charge in [0.15, 0.2) is 0 Å². The molecule has 1 saturated heterocycles. The summed E-state index contributed by atoms with van der Waals surface area (Å²) < 4.78 is 5.94. The Bertz CT molecular complexity index is 408. The van der Waals surface area contributed by atoms with Crippen LogP contribution in [0.1, 0.15) is 57.1 Å². The second-order valence-electron chi connectivity index (χ2n) is 6.12. The Morgan fingerprint density at radius 2 is 1.90 bits per heavy atom. The van der Waals surface area contributed by atoms with Crippen LogP contribution in [-0.4, -0.2) is 31.1 Å². The molecule has 0 aliphatic carbocycles. The molecule has 2 heteroatoms. The monoisotopic (exact) mass is 275 g/mol. The fraction of sp³-hybridized carbons (Fsp3) is 0.667. The normalized spacial score (nSPS) is 16.6. The van der Waals surface area contributed by atoms with Gasteiger partial charge in [0.2, 0.25) is 0 Å². The zero-order valence-electron chi connectivity index (χ0n) is 13.3. The SMILES string of the molecule is CCc1cc(OCCN2CCCCC2)ccc1C(C)C. The summed E-state index contributed by atoms with van der Waals surface area (Å²) in [4.78, 5) is 2.52. The van der Waals surface area contributed by atoms with Crippen LogP contribution in [0.5, 0.6) is 5.75 Å². The first-order chi connectivity index (χ1) is 9.70. The van der Waals surface area contributed by atoms with E-state index in [0.29, 0.717) is 5.92 Å². The van der Waals surface area contributed by atoms with Crippen molar-refractivity contribution in [1.82, 2.24) is 4.90 Å². The van der Waals surface area contributed by atoms with Crippen molar-refractivity contribution >= 4 is 0 Å². The molecule has 0 unspecified atom stereocenters. The zero-order valence-corrected chi connectivity index (χ0v) is 13.3. The summed E-state index contributed by atoms with van der Waals surface area (Å²) in [5, 5.41) is 0. The lowest BCUT2D eigenvalue weighted by atomic mass is 9.95. The molecular weight excluding hydrogens is 246 g/mol. The van der Waals surface area contributed by atoms with Gasteiger partial charge < -0.3 is 4.74 Å². The van der Waals surface area contributed by atoms with Gasteiger partial charge in [-0.1, -0.05) is 33.3 Å². The summed E-state index contributed by atoms with van der Waals surface area (Å²) in [5.41, 5.74) is 2.88. The van der Waals surface area contributed by atoms with Gasteiger partial charge in [-0.2, -0.15) is 0 Å². The lowest BCUT2D eigenvalue weighted by Gasteiger charge is -2.26. The Hall–Kier alpha value is -1.02. The van der Waals surface area contributed by atoms with Crippen molar-refractivity contribution in [3.05, 3.63) is 29.3 Å². The maximum absolute atomic E-state index is 5.94. The molecule has 1 aromatic rings. The quantitative estimate of drug-likeness (QED) is 0.770. The van der Waals surface area contributed by atoms with Crippen LogP contribution in [0.4, 0.5) is 0 Å². The second-order valence-corrected chi connectivity index (χ2v) is 6.12. The number of hydrogen-bond acceptors (Lipinski definition) is 2. The van der Waals surface area contributed by atoms with Crippen molar-refractivity contribution in [3.63, 3.8) is 0 Å². The molecule has 0 amide bonds. The van der Waals surface area contributed by atoms with E-state index in [-0.39, 0.29) is 0 Å². The molecule has 0 radical (unpaired) electrons. The summed E-state index contributed by atoms with van der Waals surface area (Å²) >= 11 is 0. The van der Waals surface area contributed by atoms with E-state index >= 15 is 0 Å². The molecule has 0 N–H and O–H groups in total. The molecule has 0 spiro atoms. The standard InChI is InChI=1S/C18H29NO/c1-4-16-14-17(8-9-18(16)15(2)3)20-13-12-19-10-6-5-7-11-19/h8-9,14-15H,4-7,10-13H2,1-3H3. The van der Waals surface area contributed by atoms with E-state index in [1.165, 1.54) is 43.5 Å². The molecule has 2 rings (SSSR count). The number of hydrogen-bond donors (Lipinski definition) is 0. The lowest BCUT2D eigenvalue weighted by Crippen LogP contribution is -2.33. The van der Waals surface area contributed by atoms with E-state index in [2.05, 4.69) is 43.9 Å². The van der Waals surface area contributed by atoms with E-state index in [0.717, 1.165) is 25.3 Å². The van der Waals surface area contributed by atoms with Gasteiger partial charge >= 0.3 is 0 Å². The number of ether oxygens (including phenoxy) is 1. The van der Waals surface area contributed by atoms with Crippen molar-refractivity contribution < 1.29 is 4.74 Å². The highest BCUT2D eigenvalue weighted by atomic mass is 16.5. The number of nitrogens with zero attached hydrogens (tertiary/aromatic N) is 1. The maximum atomic E-state index is 5.94. The zero-order chi connectivity index (χ0) is 14.4. The molecular formula is C18H29NO. The van der Waals surface area contributed by atoms with E-state index in [1.807, 2.05) is 0 Å². The highest BCUT2D eigenvalue weighted by molar-refractivity contribution is 5.37. The minimum Gasteiger partial charge on any atom is -0.492 e. The van der Waals surface area contributed by atoms with Gasteiger partial charge in [-0.05, 0) is 61.5 Å². The number of rotatable bonds is 6. The molecule has 0 bridgehead atoms. The topological polar surface area (TPSA) is 12.5 Å². The van der Waals surface area contributed by atoms with Crippen LogP contribution < -0.4 is 4.74 Å². The summed E-state index contributed by atoms with van der Waals surface area (Å²) in [5.74, 6) is 1.62. The molecule has 0 saturated carbocycles. The summed E-state index contributed by atoms with van der Waals surface area (Å²) in [6.45, 7) is 11.1. The van der Waals surface area contributed by atoms with Crippen molar-refractivity contribution in [2.45, 2.75) is 52.4 Å². The van der Waals surface area contributed by atoms with Gasteiger partial charge in [0.25, 0.3) is 0 Å². The first-order valence-electron chi connectivity index (χ1n) is 8.18. The molecule has 0 aromatic heterocycles. The average Bonchev–Trinajstić information content (AvgIpc) is 2.48. The molecule has 0 atom stereocenters. The van der Waals surface area contributed by atoms with Crippen LogP contribution in [-0.2, 0) is 6.42 Å². The fourth-order valence-corrected chi connectivity index (χ4v) is 3.02. The van der Waals surface area contributed by atoms with E-state index < -0.39 is 0 Å². The first-order valence-corrected chi connectivity index (χ1v) is 8.18. The van der Waals surface area contributed by atoms with Gasteiger partial charge in [-0.3, -0.25) is 4.90 Å². The molecule has 20 heavy (non-hydrogen) atoms. The Kier molecular flexibility index (Phi) is 5.90. The number of likely N-dealkylation sites (tertiary alicyclic amines) is 1. The van der Waals surface area contributed by atoms with Crippen LogP contribution >= 0.6 is 0 Å². The Balaban J connectivity index is 1.86. The van der Waals surface area contributed by atoms with Gasteiger partial charge in [0.1, 0.15) is 12.4 Å². The van der Waals surface area contributed by atoms with Gasteiger partial charge in [0, 0.05) is 6.54 Å². The van der Waals surface area contributed by atoms with Crippen molar-refractivity contribution in [3.8, 4) is 5.75 Å². The van der Waals surface area contributed by atoms with Crippen LogP contribution in [0.25, 0.3) is 0 Å². The highest BCUT2D eigenvalue weighted by Crippen LogP contribution is 2.24. The predicted molar refractivity (Wildman–Crippen MR) is 85.7 cm³/mol. The van der Waals surface area contributed by atoms with Crippen molar-refractivity contribution in [2.24, 2.45) is 0 Å². The minimum atomic E-state index is 0.590. The average molecular weight is 275 g/mol. The Morgan fingerprint density at radius 3 is 2.55 bits per heavy atom. The molecule has 1 heterocycles. The van der Waals surface area contributed by atoms with Gasteiger partial charge in [0.05, 0.1) is 0 Å². The highest BCUT2D eigenvalue weighted by Gasteiger charge is 2.10. The lowest BCUT2D eigenvalue weighted by molar-refractivity contribution is 0.183. The smallest absolute Gasteiger partial charge is 0.119 e. The summed E-state index contributed by atoms with van der Waals surface area (Å²) in [6, 6.07) is 6.59. The third kappa shape index (κ3) is 4.24. The second kappa shape index (κ2) is 7.68. The summed E-state index contributed by atoms with van der Waals surface area (Å²) in [7, 11) is 0. The van der Waals surface area contributed by atoms with E-state index in [9.17, 15) is 0 Å². The molecule has 1 aliphatic heterocycles. The van der Waals surface area contributed by atoms with Crippen molar-refractivity contribution in [1.29, 1.82) is 0 Å². The minimum absolute atomic E-state index is 0.590. The van der Waals surface area contributed by atoms with E-state index in [4.69, 9.17) is 4.74 Å². The number of aryl methyl sites for hydroxylation is 1. The molecule has 1 aliphatic rings. The third-order valence-electron chi connectivity index (χ3n) is 4.24. The number of benzene rings is 1. The van der Waals surface area contributed by atoms with Gasteiger partial charge in [-0.15, -0.1) is 0 Å². The maximum Gasteiger partial charge on any atom is 0.119 e. The van der Waals surface area contributed by atoms with Crippen LogP contribution in [0.3, 0.4) is 0 Å². The third-order valence-corrected chi connectivity index (χ3v) is 4.24. The molecule has 2 nitrogen and oxygen atoms in total. The molecule has 112 valence electrons. The van der Waals surface area contributed by atoms with Crippen molar-refractivity contribution in [2.75, 3.05) is 26.2 Å². The summed E-state index contributed by atoms with van der Waals surface area (Å²) in [6.07, 6.45) is 5.18. The van der Waals surface area contributed by atoms with E-state index in [1.54, 1.807) is 0 Å². The largest absolute Gasteiger partial charge is 0.492 e. The molecule has 1 aromatic carbocycles. The number of piperidine rings is 1. The Labute approximate surface area is 124 Å². The van der Waals surface area contributed by atoms with Crippen LogP contribution in [0.2, 0.25) is 0 Å². The van der Waals surface area contributed by atoms with Gasteiger partial charge in [-0.25, -0.2) is 0 Å². The first kappa shape index (κ1) is 15.4. The van der Waals surface area contributed by atoms with Crippen LogP contribution in [0, 0.1) is 0 Å². The fourth-order valence-electron chi connectivity index (χ4n) is 3.02. The molecule has 1 fully saturated rings. The van der Waals surface area contributed by atoms with Crippen LogP contribution in [0.15, 0.2) is 18.2 Å².